The van der Waals surface area contributed by atoms with E-state index in [2.05, 4.69) is 5.32 Å². The maximum atomic E-state index is 13.3. The van der Waals surface area contributed by atoms with Gasteiger partial charge in [0.15, 0.2) is 0 Å². The highest BCUT2D eigenvalue weighted by atomic mass is 19.1. The van der Waals surface area contributed by atoms with Crippen LogP contribution in [0.5, 0.6) is 0 Å². The third kappa shape index (κ3) is 3.70. The number of nitrogens with zero attached hydrogens (tertiary/aromatic N) is 1. The van der Waals surface area contributed by atoms with Crippen LogP contribution in [-0.4, -0.2) is 35.7 Å². The second-order valence-electron chi connectivity index (χ2n) is 4.38. The zero-order valence-corrected chi connectivity index (χ0v) is 10.9. The van der Waals surface area contributed by atoms with Crippen LogP contribution in [0.4, 0.5) is 9.18 Å². The molecule has 0 heterocycles. The molecule has 0 aromatic heterocycles. The topological polar surface area (TPSA) is 52.6 Å². The number of urea groups is 1. The van der Waals surface area contributed by atoms with Crippen LogP contribution in [0.1, 0.15) is 18.1 Å². The molecule has 0 unspecified atom stereocenters. The van der Waals surface area contributed by atoms with Gasteiger partial charge in [-0.05, 0) is 31.0 Å². The van der Waals surface area contributed by atoms with Gasteiger partial charge in [0.1, 0.15) is 5.82 Å². The predicted molar refractivity (Wildman–Crippen MR) is 67.7 cm³/mol. The first kappa shape index (κ1) is 14.4. The van der Waals surface area contributed by atoms with E-state index in [0.29, 0.717) is 11.1 Å². The van der Waals surface area contributed by atoms with E-state index < -0.39 is 0 Å². The van der Waals surface area contributed by atoms with E-state index in [9.17, 15) is 9.18 Å². The van der Waals surface area contributed by atoms with Crippen molar-refractivity contribution in [2.24, 2.45) is 0 Å². The first-order valence-electron chi connectivity index (χ1n) is 5.82. The van der Waals surface area contributed by atoms with Crippen molar-refractivity contribution in [3.63, 3.8) is 0 Å². The van der Waals surface area contributed by atoms with E-state index in [1.807, 2.05) is 0 Å². The van der Waals surface area contributed by atoms with Crippen molar-refractivity contribution in [2.45, 2.75) is 26.4 Å². The summed E-state index contributed by atoms with van der Waals surface area (Å²) in [5.41, 5.74) is 1.28. The summed E-state index contributed by atoms with van der Waals surface area (Å²) in [6, 6.07) is 4.31. The number of carbonyl (C=O) groups is 1. The third-order valence-corrected chi connectivity index (χ3v) is 2.93. The smallest absolute Gasteiger partial charge is 0.317 e. The van der Waals surface area contributed by atoms with Crippen molar-refractivity contribution in [3.05, 3.63) is 35.1 Å². The lowest BCUT2D eigenvalue weighted by atomic mass is 10.1. The summed E-state index contributed by atoms with van der Waals surface area (Å²) < 4.78 is 13.3. The van der Waals surface area contributed by atoms with E-state index >= 15 is 0 Å². The fraction of sp³-hybridized carbons (Fsp3) is 0.462. The molecule has 5 heteroatoms. The summed E-state index contributed by atoms with van der Waals surface area (Å²) in [6.45, 7) is 3.60. The van der Waals surface area contributed by atoms with Crippen LogP contribution in [0, 0.1) is 12.7 Å². The van der Waals surface area contributed by atoms with Crippen molar-refractivity contribution in [1.29, 1.82) is 0 Å². The molecule has 0 radical (unpaired) electrons. The van der Waals surface area contributed by atoms with E-state index in [4.69, 9.17) is 5.11 Å². The Morgan fingerprint density at radius 3 is 2.78 bits per heavy atom. The second-order valence-corrected chi connectivity index (χ2v) is 4.38. The number of amides is 2. The van der Waals surface area contributed by atoms with Gasteiger partial charge < -0.3 is 15.3 Å². The number of nitrogens with one attached hydrogen (secondary N) is 1. The molecule has 0 fully saturated rings. The Kier molecular flexibility index (Phi) is 5.09. The summed E-state index contributed by atoms with van der Waals surface area (Å²) in [5, 5.41) is 11.6. The van der Waals surface area contributed by atoms with Crippen molar-refractivity contribution in [1.82, 2.24) is 10.2 Å². The van der Waals surface area contributed by atoms with Gasteiger partial charge in [0.05, 0.1) is 12.6 Å². The molecule has 0 bridgehead atoms. The number of benzene rings is 1. The van der Waals surface area contributed by atoms with E-state index in [1.54, 1.807) is 33.0 Å². The second kappa shape index (κ2) is 6.35. The number of aliphatic hydroxyl groups excluding tert-OH is 1. The highest BCUT2D eigenvalue weighted by molar-refractivity contribution is 5.74. The number of carbonyl (C=O) groups excluding carboxylic acids is 1. The highest BCUT2D eigenvalue weighted by Crippen LogP contribution is 2.09. The van der Waals surface area contributed by atoms with Gasteiger partial charge in [0.2, 0.25) is 0 Å². The minimum atomic E-state index is -0.294. The van der Waals surface area contributed by atoms with Gasteiger partial charge in [-0.1, -0.05) is 12.1 Å². The molecule has 1 aromatic rings. The molecule has 1 atom stereocenters. The molecule has 2 N–H and O–H groups in total. The van der Waals surface area contributed by atoms with Gasteiger partial charge in [-0.25, -0.2) is 9.18 Å². The first-order chi connectivity index (χ1) is 8.45. The number of rotatable bonds is 4. The molecule has 0 spiro atoms. The lowest BCUT2D eigenvalue weighted by Gasteiger charge is -2.23. The first-order valence-corrected chi connectivity index (χ1v) is 5.82. The SMILES string of the molecule is Cc1ccc(CNC(=O)N(C)[C@H](C)CO)cc1F. The van der Waals surface area contributed by atoms with E-state index in [0.717, 1.165) is 0 Å². The van der Waals surface area contributed by atoms with Crippen molar-refractivity contribution < 1.29 is 14.3 Å². The molecular formula is C13H19FN2O2. The number of aryl methyl sites for hydroxylation is 1. The van der Waals surface area contributed by atoms with E-state index in [-0.39, 0.29) is 31.0 Å². The van der Waals surface area contributed by atoms with Crippen LogP contribution in [0.25, 0.3) is 0 Å². The maximum absolute atomic E-state index is 13.3. The molecule has 2 amide bonds. The van der Waals surface area contributed by atoms with Crippen LogP contribution < -0.4 is 5.32 Å². The molecule has 0 aliphatic rings. The molecule has 0 saturated carbocycles. The lowest BCUT2D eigenvalue weighted by Crippen LogP contribution is -2.43. The zero-order chi connectivity index (χ0) is 13.7. The highest BCUT2D eigenvalue weighted by Gasteiger charge is 2.14. The maximum Gasteiger partial charge on any atom is 0.317 e. The fourth-order valence-electron chi connectivity index (χ4n) is 1.37. The normalized spacial score (nSPS) is 12.1. The Morgan fingerprint density at radius 2 is 2.22 bits per heavy atom. The Hall–Kier alpha value is -1.62. The van der Waals surface area contributed by atoms with Gasteiger partial charge in [-0.3, -0.25) is 0 Å². The summed E-state index contributed by atoms with van der Waals surface area (Å²) in [7, 11) is 1.60. The van der Waals surface area contributed by atoms with Crippen LogP contribution in [0.15, 0.2) is 18.2 Å². The number of likely N-dealkylation sites (N-methyl/N-ethyl adjacent to an activating group) is 1. The molecule has 100 valence electrons. The summed E-state index contributed by atoms with van der Waals surface area (Å²) in [5.74, 6) is -0.279. The number of halogens is 1. The monoisotopic (exact) mass is 254 g/mol. The van der Waals surface area contributed by atoms with Crippen molar-refractivity contribution in [3.8, 4) is 0 Å². The van der Waals surface area contributed by atoms with Crippen LogP contribution >= 0.6 is 0 Å². The predicted octanol–water partition coefficient (Wildman–Crippen LogP) is 1.66. The standard InChI is InChI=1S/C13H19FN2O2/c1-9-4-5-11(6-12(9)14)7-15-13(18)16(3)10(2)8-17/h4-6,10,17H,7-8H2,1-3H3,(H,15,18)/t10-/m1/s1. The quantitative estimate of drug-likeness (QED) is 0.858. The van der Waals surface area contributed by atoms with Crippen LogP contribution in [-0.2, 0) is 6.54 Å². The number of aliphatic hydroxyl groups is 1. The fourth-order valence-corrected chi connectivity index (χ4v) is 1.37. The Morgan fingerprint density at radius 1 is 1.56 bits per heavy atom. The van der Waals surface area contributed by atoms with Gasteiger partial charge in [0.25, 0.3) is 0 Å². The van der Waals surface area contributed by atoms with Crippen LogP contribution in [0.2, 0.25) is 0 Å². The molecular weight excluding hydrogens is 235 g/mol. The summed E-state index contributed by atoms with van der Waals surface area (Å²) in [6.07, 6.45) is 0. The average Bonchev–Trinajstić information content (AvgIpc) is 2.37. The molecule has 4 nitrogen and oxygen atoms in total. The van der Waals surface area contributed by atoms with Crippen LogP contribution in [0.3, 0.4) is 0 Å². The van der Waals surface area contributed by atoms with E-state index in [1.165, 1.54) is 11.0 Å². The largest absolute Gasteiger partial charge is 0.394 e. The lowest BCUT2D eigenvalue weighted by molar-refractivity contribution is 0.157. The molecule has 1 aromatic carbocycles. The Bertz CT molecular complexity index is 423. The number of hydrogen-bond acceptors (Lipinski definition) is 2. The minimum Gasteiger partial charge on any atom is -0.394 e. The molecule has 0 saturated heterocycles. The molecule has 18 heavy (non-hydrogen) atoms. The van der Waals surface area contributed by atoms with Gasteiger partial charge in [-0.15, -0.1) is 0 Å². The molecule has 1 rings (SSSR count). The molecule has 0 aliphatic heterocycles. The minimum absolute atomic E-state index is 0.0942. The number of hydrogen-bond donors (Lipinski definition) is 2. The summed E-state index contributed by atoms with van der Waals surface area (Å²) in [4.78, 5) is 13.1. The zero-order valence-electron chi connectivity index (χ0n) is 10.9. The third-order valence-electron chi connectivity index (χ3n) is 2.93. The van der Waals surface area contributed by atoms with Crippen molar-refractivity contribution >= 4 is 6.03 Å². The van der Waals surface area contributed by atoms with Gasteiger partial charge in [-0.2, -0.15) is 0 Å². The Labute approximate surface area is 106 Å². The van der Waals surface area contributed by atoms with Gasteiger partial charge >= 0.3 is 6.03 Å². The molecule has 0 aliphatic carbocycles. The Balaban J connectivity index is 2.54. The van der Waals surface area contributed by atoms with Gasteiger partial charge in [0, 0.05) is 13.6 Å². The summed E-state index contributed by atoms with van der Waals surface area (Å²) >= 11 is 0. The van der Waals surface area contributed by atoms with Crippen molar-refractivity contribution in [2.75, 3.05) is 13.7 Å². The average molecular weight is 254 g/mol.